The van der Waals surface area contributed by atoms with E-state index in [0.29, 0.717) is 23.3 Å². The highest BCUT2D eigenvalue weighted by Crippen LogP contribution is 2.21. The summed E-state index contributed by atoms with van der Waals surface area (Å²) in [5, 5.41) is 28.4. The first-order chi connectivity index (χ1) is 7.60. The molecule has 0 spiro atoms. The number of nitrogens with two attached hydrogens (primary N) is 1. The molecule has 1 rings (SSSR count). The average molecular weight is 244 g/mol. The number of hydrogen-bond donors (Lipinski definition) is 5. The van der Waals surface area contributed by atoms with Crippen molar-refractivity contribution in [1.29, 1.82) is 0 Å². The molecule has 5 nitrogen and oxygen atoms in total. The number of pyridine rings is 1. The summed E-state index contributed by atoms with van der Waals surface area (Å²) in [5.74, 6) is 0.704. The van der Waals surface area contributed by atoms with Crippen LogP contribution in [0.15, 0.2) is 12.3 Å². The molecule has 0 aliphatic heterocycles. The lowest BCUT2D eigenvalue weighted by atomic mass is 10.0. The Morgan fingerprint density at radius 1 is 1.44 bits per heavy atom. The summed E-state index contributed by atoms with van der Waals surface area (Å²) in [4.78, 5) is 3.84. The summed E-state index contributed by atoms with van der Waals surface area (Å²) in [7, 11) is 0. The molecule has 0 radical (unpaired) electrons. The van der Waals surface area contributed by atoms with E-state index in [2.05, 4.69) is 17.6 Å². The lowest BCUT2D eigenvalue weighted by molar-refractivity contribution is 0.0170. The molecule has 5 N–H and O–H groups in total. The molecular weight excluding hydrogens is 228 g/mol. The first-order valence-corrected chi connectivity index (χ1v) is 5.55. The van der Waals surface area contributed by atoms with Crippen molar-refractivity contribution in [1.82, 2.24) is 4.98 Å². The number of nitrogen functional groups attached to an aromatic ring is 1. The van der Waals surface area contributed by atoms with Gasteiger partial charge in [-0.3, -0.25) is 0 Å². The van der Waals surface area contributed by atoms with Crippen molar-refractivity contribution >= 4 is 18.4 Å². The average Bonchev–Trinajstić information content (AvgIpc) is 2.29. The van der Waals surface area contributed by atoms with Gasteiger partial charge in [-0.2, -0.15) is 12.6 Å². The number of aromatic nitrogens is 1. The van der Waals surface area contributed by atoms with E-state index in [1.54, 1.807) is 0 Å². The maximum atomic E-state index is 9.78. The van der Waals surface area contributed by atoms with Gasteiger partial charge in [-0.05, 0) is 18.2 Å². The van der Waals surface area contributed by atoms with Gasteiger partial charge in [-0.25, -0.2) is 4.98 Å². The Bertz CT molecular complexity index is 349. The normalized spacial score (nSPS) is 14.8. The van der Waals surface area contributed by atoms with Gasteiger partial charge in [0, 0.05) is 17.3 Å². The molecule has 0 saturated carbocycles. The van der Waals surface area contributed by atoms with Crippen molar-refractivity contribution < 1.29 is 15.3 Å². The Labute approximate surface area is 99.4 Å². The summed E-state index contributed by atoms with van der Waals surface area (Å²) >= 11 is 3.98. The molecule has 0 bridgehead atoms. The molecule has 90 valence electrons. The van der Waals surface area contributed by atoms with Crippen LogP contribution in [0.25, 0.3) is 0 Å². The maximum absolute atomic E-state index is 9.78. The van der Waals surface area contributed by atoms with Gasteiger partial charge in [-0.15, -0.1) is 0 Å². The van der Waals surface area contributed by atoms with Gasteiger partial charge >= 0.3 is 0 Å². The van der Waals surface area contributed by atoms with E-state index in [4.69, 9.17) is 10.8 Å². The molecule has 6 heteroatoms. The van der Waals surface area contributed by atoms with Crippen LogP contribution in [-0.4, -0.2) is 32.2 Å². The first kappa shape index (κ1) is 13.2. The van der Waals surface area contributed by atoms with E-state index >= 15 is 0 Å². The Morgan fingerprint density at radius 2 is 2.12 bits per heavy atom. The van der Waals surface area contributed by atoms with Crippen molar-refractivity contribution in [3.8, 4) is 0 Å². The standard InChI is InChI=1S/C10H16N2O3S/c11-10-7(5-13)3-6(4-12-10)9(15)8(14)1-2-16/h3-4,8-9,13-16H,1-2,5H2,(H2,11,12). The minimum Gasteiger partial charge on any atom is -0.392 e. The molecule has 0 fully saturated rings. The van der Waals surface area contributed by atoms with Crippen LogP contribution in [-0.2, 0) is 6.61 Å². The molecular formula is C10H16N2O3S. The molecule has 1 aromatic rings. The largest absolute Gasteiger partial charge is 0.392 e. The zero-order valence-electron chi connectivity index (χ0n) is 8.74. The van der Waals surface area contributed by atoms with E-state index in [1.807, 2.05) is 0 Å². The lowest BCUT2D eigenvalue weighted by Gasteiger charge is -2.17. The predicted molar refractivity (Wildman–Crippen MR) is 64.0 cm³/mol. The molecule has 0 aromatic carbocycles. The van der Waals surface area contributed by atoms with Crippen LogP contribution >= 0.6 is 12.6 Å². The monoisotopic (exact) mass is 244 g/mol. The minimum atomic E-state index is -1.04. The van der Waals surface area contributed by atoms with Crippen LogP contribution in [0.5, 0.6) is 0 Å². The quantitative estimate of drug-likeness (QED) is 0.465. The Balaban J connectivity index is 2.87. The smallest absolute Gasteiger partial charge is 0.128 e. The third kappa shape index (κ3) is 3.08. The third-order valence-corrected chi connectivity index (χ3v) is 2.58. The second kappa shape index (κ2) is 6.05. The summed E-state index contributed by atoms with van der Waals surface area (Å²) in [6.45, 7) is -0.248. The molecule has 0 aliphatic carbocycles. The molecule has 2 atom stereocenters. The number of nitrogens with zero attached hydrogens (tertiary/aromatic N) is 1. The van der Waals surface area contributed by atoms with Crippen molar-refractivity contribution in [3.05, 3.63) is 23.4 Å². The molecule has 0 aliphatic rings. The van der Waals surface area contributed by atoms with Gasteiger partial charge in [0.1, 0.15) is 11.9 Å². The number of rotatable bonds is 5. The summed E-state index contributed by atoms with van der Waals surface area (Å²) in [6.07, 6.45) is -0.163. The molecule has 2 unspecified atom stereocenters. The predicted octanol–water partition coefficient (Wildman–Crippen LogP) is -0.130. The highest BCUT2D eigenvalue weighted by molar-refractivity contribution is 7.80. The van der Waals surface area contributed by atoms with E-state index in [9.17, 15) is 10.2 Å². The topological polar surface area (TPSA) is 99.6 Å². The molecule has 0 saturated heterocycles. The second-order valence-corrected chi connectivity index (χ2v) is 3.94. The zero-order valence-corrected chi connectivity index (χ0v) is 9.64. The number of thiol groups is 1. The Hall–Kier alpha value is -0.820. The minimum absolute atomic E-state index is 0.224. The fourth-order valence-electron chi connectivity index (χ4n) is 1.34. The van der Waals surface area contributed by atoms with E-state index in [0.717, 1.165) is 0 Å². The second-order valence-electron chi connectivity index (χ2n) is 3.50. The molecule has 16 heavy (non-hydrogen) atoms. The first-order valence-electron chi connectivity index (χ1n) is 4.92. The molecule has 1 heterocycles. The van der Waals surface area contributed by atoms with Crippen LogP contribution in [0.3, 0.4) is 0 Å². The van der Waals surface area contributed by atoms with E-state index in [1.165, 1.54) is 12.3 Å². The van der Waals surface area contributed by atoms with Crippen molar-refractivity contribution in [2.75, 3.05) is 11.5 Å². The van der Waals surface area contributed by atoms with Crippen LogP contribution < -0.4 is 5.73 Å². The van der Waals surface area contributed by atoms with Gasteiger partial charge in [0.25, 0.3) is 0 Å². The van der Waals surface area contributed by atoms with Gasteiger partial charge in [-0.1, -0.05) is 0 Å². The Kier molecular flexibility index (Phi) is 5.01. The van der Waals surface area contributed by atoms with Crippen molar-refractivity contribution in [2.45, 2.75) is 25.2 Å². The van der Waals surface area contributed by atoms with Crippen LogP contribution in [0.1, 0.15) is 23.7 Å². The number of hydrogen-bond acceptors (Lipinski definition) is 6. The number of aliphatic hydroxyl groups is 3. The highest BCUT2D eigenvalue weighted by Gasteiger charge is 2.18. The fraction of sp³-hybridized carbons (Fsp3) is 0.500. The summed E-state index contributed by atoms with van der Waals surface area (Å²) in [5.41, 5.74) is 6.38. The highest BCUT2D eigenvalue weighted by atomic mass is 32.1. The van der Waals surface area contributed by atoms with Gasteiger partial charge in [0.15, 0.2) is 0 Å². The summed E-state index contributed by atoms with van der Waals surface area (Å²) in [6, 6.07) is 1.54. The number of anilines is 1. The summed E-state index contributed by atoms with van der Waals surface area (Å²) < 4.78 is 0. The van der Waals surface area contributed by atoms with Crippen LogP contribution in [0, 0.1) is 0 Å². The van der Waals surface area contributed by atoms with Gasteiger partial charge in [0.05, 0.1) is 12.7 Å². The zero-order chi connectivity index (χ0) is 12.1. The Morgan fingerprint density at radius 3 is 2.69 bits per heavy atom. The lowest BCUT2D eigenvalue weighted by Crippen LogP contribution is -2.19. The van der Waals surface area contributed by atoms with Crippen LogP contribution in [0.2, 0.25) is 0 Å². The van der Waals surface area contributed by atoms with E-state index in [-0.39, 0.29) is 12.4 Å². The molecule has 1 aromatic heterocycles. The SMILES string of the molecule is Nc1ncc(C(O)C(O)CCS)cc1CO. The third-order valence-electron chi connectivity index (χ3n) is 2.32. The maximum Gasteiger partial charge on any atom is 0.128 e. The van der Waals surface area contributed by atoms with Crippen molar-refractivity contribution in [3.63, 3.8) is 0 Å². The van der Waals surface area contributed by atoms with Crippen LogP contribution in [0.4, 0.5) is 5.82 Å². The van der Waals surface area contributed by atoms with Gasteiger partial charge in [0.2, 0.25) is 0 Å². The number of aliphatic hydroxyl groups excluding tert-OH is 3. The van der Waals surface area contributed by atoms with Crippen molar-refractivity contribution in [2.24, 2.45) is 0 Å². The van der Waals surface area contributed by atoms with Gasteiger partial charge < -0.3 is 21.1 Å². The van der Waals surface area contributed by atoms with E-state index < -0.39 is 12.2 Å². The fourth-order valence-corrected chi connectivity index (χ4v) is 1.60. The molecule has 0 amide bonds.